The van der Waals surface area contributed by atoms with Crippen molar-refractivity contribution < 1.29 is 9.53 Å². The second-order valence-electron chi connectivity index (χ2n) is 7.92. The van der Waals surface area contributed by atoms with Crippen molar-refractivity contribution in [1.82, 2.24) is 9.97 Å². The van der Waals surface area contributed by atoms with Gasteiger partial charge in [0.25, 0.3) is 0 Å². The average Bonchev–Trinajstić information content (AvgIpc) is 3.20. The Labute approximate surface area is 160 Å². The largest absolute Gasteiger partial charge is 0.376 e. The van der Waals surface area contributed by atoms with Crippen LogP contribution in [0, 0.1) is 0 Å². The van der Waals surface area contributed by atoms with Gasteiger partial charge in [-0.1, -0.05) is 38.1 Å². The normalized spacial score (nSPS) is 22.1. The first-order valence-corrected chi connectivity index (χ1v) is 9.94. The summed E-state index contributed by atoms with van der Waals surface area (Å²) >= 11 is 0. The Morgan fingerprint density at radius 3 is 2.74 bits per heavy atom. The van der Waals surface area contributed by atoms with Crippen LogP contribution in [-0.4, -0.2) is 35.0 Å². The molecule has 1 aromatic heterocycles. The fourth-order valence-electron chi connectivity index (χ4n) is 3.93. The number of rotatable bonds is 5. The van der Waals surface area contributed by atoms with Crippen LogP contribution in [0.4, 0.5) is 5.95 Å². The smallest absolute Gasteiger partial charge is 0.222 e. The zero-order valence-electron chi connectivity index (χ0n) is 16.1. The van der Waals surface area contributed by atoms with Crippen molar-refractivity contribution in [1.29, 1.82) is 0 Å². The van der Waals surface area contributed by atoms with Crippen LogP contribution in [0.15, 0.2) is 30.5 Å². The first-order valence-electron chi connectivity index (χ1n) is 9.94. The Morgan fingerprint density at radius 1 is 1.22 bits per heavy atom. The summed E-state index contributed by atoms with van der Waals surface area (Å²) in [5, 5.41) is 3.27. The third-order valence-corrected chi connectivity index (χ3v) is 5.63. The predicted octanol–water partition coefficient (Wildman–Crippen LogP) is 4.10. The molecule has 0 radical (unpaired) electrons. The van der Waals surface area contributed by atoms with Crippen LogP contribution >= 0.6 is 0 Å². The van der Waals surface area contributed by atoms with Gasteiger partial charge in [-0.2, -0.15) is 0 Å². The molecule has 0 bridgehead atoms. The van der Waals surface area contributed by atoms with Gasteiger partial charge >= 0.3 is 0 Å². The van der Waals surface area contributed by atoms with E-state index in [9.17, 15) is 4.79 Å². The Balaban J connectivity index is 1.49. The lowest BCUT2D eigenvalue weighted by Crippen LogP contribution is -2.23. The minimum absolute atomic E-state index is 0.139. The van der Waals surface area contributed by atoms with Gasteiger partial charge in [0.1, 0.15) is 0 Å². The molecule has 27 heavy (non-hydrogen) atoms. The molecule has 1 aliphatic carbocycles. The summed E-state index contributed by atoms with van der Waals surface area (Å²) in [7, 11) is 0. The molecule has 2 heterocycles. The van der Waals surface area contributed by atoms with Crippen LogP contribution in [-0.2, 0) is 11.2 Å². The van der Waals surface area contributed by atoms with Crippen molar-refractivity contribution in [3.63, 3.8) is 0 Å². The summed E-state index contributed by atoms with van der Waals surface area (Å²) < 4.78 is 5.63. The van der Waals surface area contributed by atoms with E-state index in [4.69, 9.17) is 4.74 Å². The van der Waals surface area contributed by atoms with Crippen LogP contribution in [0.2, 0.25) is 0 Å². The maximum absolute atomic E-state index is 12.6. The van der Waals surface area contributed by atoms with E-state index in [1.165, 1.54) is 11.1 Å². The molecule has 0 unspecified atom stereocenters. The highest BCUT2D eigenvalue weighted by atomic mass is 16.5. The van der Waals surface area contributed by atoms with Crippen molar-refractivity contribution >= 4 is 11.7 Å². The van der Waals surface area contributed by atoms with Gasteiger partial charge < -0.3 is 10.1 Å². The molecule has 5 heteroatoms. The number of carbonyl (C=O) groups is 1. The SMILES string of the molecule is CC(C)c1ccc([C@@H]2CC(=O)c3cnc(NC[C@@H]4CCCO4)nc3C2)cc1. The lowest BCUT2D eigenvalue weighted by Gasteiger charge is -2.24. The van der Waals surface area contributed by atoms with Crippen molar-refractivity contribution in [2.75, 3.05) is 18.5 Å². The molecular formula is C22H27N3O2. The number of hydrogen-bond donors (Lipinski definition) is 1. The maximum atomic E-state index is 12.6. The molecule has 1 fully saturated rings. The Morgan fingerprint density at radius 2 is 2.04 bits per heavy atom. The van der Waals surface area contributed by atoms with Gasteiger partial charge in [0.05, 0.1) is 17.4 Å². The monoisotopic (exact) mass is 365 g/mol. The van der Waals surface area contributed by atoms with Crippen molar-refractivity contribution in [2.45, 2.75) is 57.5 Å². The summed E-state index contributed by atoms with van der Waals surface area (Å²) in [4.78, 5) is 21.6. The number of fused-ring (bicyclic) bond motifs is 1. The number of ether oxygens (including phenoxy) is 1. The molecule has 0 spiro atoms. The molecule has 1 N–H and O–H groups in total. The fraction of sp³-hybridized carbons (Fsp3) is 0.500. The van der Waals surface area contributed by atoms with Crippen LogP contribution in [0.1, 0.15) is 72.1 Å². The second kappa shape index (κ2) is 7.77. The van der Waals surface area contributed by atoms with Crippen LogP contribution in [0.5, 0.6) is 0 Å². The number of hydrogen-bond acceptors (Lipinski definition) is 5. The molecular weight excluding hydrogens is 338 g/mol. The number of nitrogens with one attached hydrogen (secondary N) is 1. The lowest BCUT2D eigenvalue weighted by atomic mass is 9.81. The number of anilines is 1. The van der Waals surface area contributed by atoms with Gasteiger partial charge in [0.2, 0.25) is 5.95 Å². The summed E-state index contributed by atoms with van der Waals surface area (Å²) in [5.41, 5.74) is 4.07. The van der Waals surface area contributed by atoms with Gasteiger partial charge in [-0.25, -0.2) is 9.97 Å². The molecule has 2 atom stereocenters. The number of ketones is 1. The fourth-order valence-corrected chi connectivity index (χ4v) is 3.93. The number of aromatic nitrogens is 2. The quantitative estimate of drug-likeness (QED) is 0.864. The minimum atomic E-state index is 0.139. The first kappa shape index (κ1) is 18.1. The van der Waals surface area contributed by atoms with E-state index < -0.39 is 0 Å². The van der Waals surface area contributed by atoms with E-state index in [0.717, 1.165) is 31.6 Å². The van der Waals surface area contributed by atoms with Gasteiger partial charge in [0.15, 0.2) is 5.78 Å². The topological polar surface area (TPSA) is 64.1 Å². The van der Waals surface area contributed by atoms with Crippen LogP contribution in [0.3, 0.4) is 0 Å². The zero-order chi connectivity index (χ0) is 18.8. The van der Waals surface area contributed by atoms with Crippen molar-refractivity contribution in [3.8, 4) is 0 Å². The van der Waals surface area contributed by atoms with Gasteiger partial charge in [-0.3, -0.25) is 4.79 Å². The lowest BCUT2D eigenvalue weighted by molar-refractivity contribution is 0.0962. The number of benzene rings is 1. The Bertz CT molecular complexity index is 811. The highest BCUT2D eigenvalue weighted by Gasteiger charge is 2.28. The molecule has 2 aromatic rings. The van der Waals surface area contributed by atoms with E-state index in [1.54, 1.807) is 6.20 Å². The van der Waals surface area contributed by atoms with Crippen molar-refractivity contribution in [2.24, 2.45) is 0 Å². The predicted molar refractivity (Wildman–Crippen MR) is 105 cm³/mol. The van der Waals surface area contributed by atoms with E-state index in [2.05, 4.69) is 53.4 Å². The molecule has 0 amide bonds. The molecule has 0 saturated carbocycles. The van der Waals surface area contributed by atoms with Gasteiger partial charge in [-0.15, -0.1) is 0 Å². The van der Waals surface area contributed by atoms with Gasteiger partial charge in [0, 0.05) is 25.8 Å². The van der Waals surface area contributed by atoms with E-state index >= 15 is 0 Å². The summed E-state index contributed by atoms with van der Waals surface area (Å²) in [6.07, 6.45) is 5.41. The Kier molecular flexibility index (Phi) is 5.21. The molecule has 1 aliphatic heterocycles. The van der Waals surface area contributed by atoms with Crippen LogP contribution in [0.25, 0.3) is 0 Å². The second-order valence-corrected chi connectivity index (χ2v) is 7.92. The molecule has 1 aromatic carbocycles. The first-order chi connectivity index (χ1) is 13.1. The van der Waals surface area contributed by atoms with Crippen molar-refractivity contribution in [3.05, 3.63) is 52.8 Å². The summed E-state index contributed by atoms with van der Waals surface area (Å²) in [6, 6.07) is 8.68. The summed E-state index contributed by atoms with van der Waals surface area (Å²) in [6.45, 7) is 5.94. The highest BCUT2D eigenvalue weighted by molar-refractivity contribution is 5.98. The molecule has 1 saturated heterocycles. The zero-order valence-corrected chi connectivity index (χ0v) is 16.1. The molecule has 142 valence electrons. The molecule has 5 nitrogen and oxygen atoms in total. The minimum Gasteiger partial charge on any atom is -0.376 e. The maximum Gasteiger partial charge on any atom is 0.222 e. The van der Waals surface area contributed by atoms with E-state index in [1.807, 2.05) is 0 Å². The number of nitrogens with zero attached hydrogens (tertiary/aromatic N) is 2. The number of Topliss-reactive ketones (excluding diaryl/α,β-unsaturated/α-hetero) is 1. The van der Waals surface area contributed by atoms with Gasteiger partial charge in [-0.05, 0) is 42.2 Å². The summed E-state index contributed by atoms with van der Waals surface area (Å²) in [5.74, 6) is 1.43. The molecule has 2 aliphatic rings. The standard InChI is InChI=1S/C22H27N3O2/c1-14(2)15-5-7-16(8-6-15)17-10-20-19(21(26)11-17)13-24-22(25-20)23-12-18-4-3-9-27-18/h5-8,13-14,17-18H,3-4,9-12H2,1-2H3,(H,23,24,25)/t17-,18-/m0/s1. The third-order valence-electron chi connectivity index (χ3n) is 5.63. The van der Waals surface area contributed by atoms with E-state index in [-0.39, 0.29) is 17.8 Å². The van der Waals surface area contributed by atoms with E-state index in [0.29, 0.717) is 30.4 Å². The highest BCUT2D eigenvalue weighted by Crippen LogP contribution is 2.32. The van der Waals surface area contributed by atoms with Crippen LogP contribution < -0.4 is 5.32 Å². The molecule has 4 rings (SSSR count). The average molecular weight is 365 g/mol. The number of carbonyl (C=O) groups excluding carboxylic acids is 1. The Hall–Kier alpha value is -2.27. The third kappa shape index (κ3) is 4.03.